The highest BCUT2D eigenvalue weighted by Gasteiger charge is 2.29. The Morgan fingerprint density at radius 2 is 2.04 bits per heavy atom. The molecule has 1 atom stereocenters. The van der Waals surface area contributed by atoms with E-state index in [0.717, 1.165) is 15.5 Å². The number of rotatable bonds is 3. The van der Waals surface area contributed by atoms with E-state index < -0.39 is 12.0 Å². The quantitative estimate of drug-likeness (QED) is 0.432. The van der Waals surface area contributed by atoms with E-state index in [0.29, 0.717) is 17.0 Å². The molecule has 0 fully saturated rings. The van der Waals surface area contributed by atoms with Crippen molar-refractivity contribution >= 4 is 46.2 Å². The fraction of sp³-hybridized carbons (Fsp3) is 0.176. The summed E-state index contributed by atoms with van der Waals surface area (Å²) in [6.07, 6.45) is 0.853. The van der Waals surface area contributed by atoms with Crippen LogP contribution in [0.25, 0.3) is 0 Å². The molecule has 1 unspecified atom stereocenters. The summed E-state index contributed by atoms with van der Waals surface area (Å²) in [6.45, 7) is 0.264. The summed E-state index contributed by atoms with van der Waals surface area (Å²) in [5, 5.41) is 0. The third-order valence-electron chi connectivity index (χ3n) is 3.64. The summed E-state index contributed by atoms with van der Waals surface area (Å²) in [6, 6.07) is 12.4. The molecule has 1 heterocycles. The van der Waals surface area contributed by atoms with Crippen LogP contribution in [0.15, 0.2) is 42.5 Å². The number of aldehydes is 1. The smallest absolute Gasteiger partial charge is 0.337 e. The number of carbonyl (C=O) groups excluding carboxylic acids is 2. The molecule has 0 aliphatic carbocycles. The van der Waals surface area contributed by atoms with E-state index in [4.69, 9.17) is 9.47 Å². The van der Waals surface area contributed by atoms with Crippen LogP contribution in [0.4, 0.5) is 11.4 Å². The first kappa shape index (κ1) is 15.8. The van der Waals surface area contributed by atoms with Gasteiger partial charge >= 0.3 is 5.97 Å². The lowest BCUT2D eigenvalue weighted by Gasteiger charge is -2.36. The Bertz CT molecular complexity index is 745. The fourth-order valence-corrected chi connectivity index (χ4v) is 2.89. The maximum Gasteiger partial charge on any atom is 0.337 e. The molecule has 0 saturated heterocycles. The van der Waals surface area contributed by atoms with Gasteiger partial charge in [0.05, 0.1) is 18.4 Å². The molecule has 1 aliphatic heterocycles. The van der Waals surface area contributed by atoms with Crippen molar-refractivity contribution in [1.29, 1.82) is 0 Å². The molecule has 2 aromatic carbocycles. The highest BCUT2D eigenvalue weighted by atomic mass is 127. The van der Waals surface area contributed by atoms with Crippen molar-refractivity contribution in [3.63, 3.8) is 0 Å². The van der Waals surface area contributed by atoms with E-state index in [1.807, 2.05) is 29.2 Å². The first-order valence-electron chi connectivity index (χ1n) is 6.99. The molecule has 1 aliphatic rings. The van der Waals surface area contributed by atoms with E-state index in [9.17, 15) is 9.59 Å². The number of fused-ring (bicyclic) bond motifs is 1. The number of esters is 1. The monoisotopic (exact) mass is 423 g/mol. The Balaban J connectivity index is 2.11. The van der Waals surface area contributed by atoms with E-state index in [2.05, 4.69) is 22.6 Å². The third-order valence-corrected chi connectivity index (χ3v) is 4.36. The van der Waals surface area contributed by atoms with Crippen LogP contribution >= 0.6 is 22.6 Å². The molecule has 3 rings (SSSR count). The Hall–Kier alpha value is -2.09. The predicted molar refractivity (Wildman–Crippen MR) is 94.4 cm³/mol. The van der Waals surface area contributed by atoms with E-state index in [1.54, 1.807) is 18.2 Å². The van der Waals surface area contributed by atoms with Gasteiger partial charge in [0, 0.05) is 9.26 Å². The molecule has 0 bridgehead atoms. The van der Waals surface area contributed by atoms with Gasteiger partial charge in [-0.05, 0) is 65.1 Å². The Kier molecular flexibility index (Phi) is 4.51. The maximum absolute atomic E-state index is 11.8. The number of nitrogens with zero attached hydrogens (tertiary/aromatic N) is 1. The van der Waals surface area contributed by atoms with Crippen LogP contribution in [-0.2, 0) is 9.53 Å². The van der Waals surface area contributed by atoms with Crippen LogP contribution in [0, 0.1) is 3.57 Å². The number of anilines is 2. The van der Waals surface area contributed by atoms with Crippen LogP contribution in [0.2, 0.25) is 0 Å². The molecule has 0 radical (unpaired) electrons. The summed E-state index contributed by atoms with van der Waals surface area (Å²) >= 11 is 2.23. The number of carbonyl (C=O) groups is 2. The molecule has 0 saturated carbocycles. The van der Waals surface area contributed by atoms with Crippen LogP contribution in [0.1, 0.15) is 10.4 Å². The van der Waals surface area contributed by atoms with Crippen LogP contribution < -0.4 is 9.64 Å². The van der Waals surface area contributed by atoms with Crippen molar-refractivity contribution in [1.82, 2.24) is 0 Å². The zero-order valence-electron chi connectivity index (χ0n) is 12.4. The first-order valence-corrected chi connectivity index (χ1v) is 8.07. The van der Waals surface area contributed by atoms with Gasteiger partial charge in [0.15, 0.2) is 0 Å². The van der Waals surface area contributed by atoms with Crippen molar-refractivity contribution in [2.75, 3.05) is 18.6 Å². The van der Waals surface area contributed by atoms with Gasteiger partial charge in [-0.15, -0.1) is 0 Å². The lowest BCUT2D eigenvalue weighted by molar-refractivity contribution is -0.109. The number of hydrogen-bond donors (Lipinski definition) is 0. The number of halogens is 1. The first-order chi connectivity index (χ1) is 11.1. The predicted octanol–water partition coefficient (Wildman–Crippen LogP) is 3.18. The number of benzene rings is 2. The lowest BCUT2D eigenvalue weighted by Crippen LogP contribution is -2.41. The van der Waals surface area contributed by atoms with Gasteiger partial charge in [-0.3, -0.25) is 0 Å². The van der Waals surface area contributed by atoms with Crippen LogP contribution in [0.5, 0.6) is 5.75 Å². The molecule has 0 amide bonds. The SMILES string of the molecule is COC(=O)c1ccc2c(c1)N(c1ccc(I)cc1)C(C=O)CO2. The highest BCUT2D eigenvalue weighted by Crippen LogP contribution is 2.39. The molecule has 0 N–H and O–H groups in total. The maximum atomic E-state index is 11.8. The number of ether oxygens (including phenoxy) is 2. The largest absolute Gasteiger partial charge is 0.489 e. The van der Waals surface area contributed by atoms with Crippen LogP contribution in [-0.4, -0.2) is 32.0 Å². The Morgan fingerprint density at radius 3 is 2.70 bits per heavy atom. The van der Waals surface area contributed by atoms with Crippen molar-refractivity contribution in [2.45, 2.75) is 6.04 Å². The van der Waals surface area contributed by atoms with Gasteiger partial charge in [0.2, 0.25) is 0 Å². The zero-order chi connectivity index (χ0) is 16.4. The van der Waals surface area contributed by atoms with Gasteiger partial charge in [-0.1, -0.05) is 0 Å². The molecular formula is C17H14INO4. The third kappa shape index (κ3) is 3.03. The minimum absolute atomic E-state index is 0.264. The molecule has 0 spiro atoms. The normalized spacial score (nSPS) is 16.3. The van der Waals surface area contributed by atoms with Crippen molar-refractivity contribution in [3.05, 3.63) is 51.6 Å². The summed E-state index contributed by atoms with van der Waals surface area (Å²) < 4.78 is 11.5. The van der Waals surface area contributed by atoms with Gasteiger partial charge in [0.1, 0.15) is 24.7 Å². The Labute approximate surface area is 147 Å². The summed E-state index contributed by atoms with van der Waals surface area (Å²) in [4.78, 5) is 25.1. The number of methoxy groups -OCH3 is 1. The summed E-state index contributed by atoms with van der Waals surface area (Å²) in [5.41, 5.74) is 1.96. The summed E-state index contributed by atoms with van der Waals surface area (Å²) in [5.74, 6) is 0.206. The second-order valence-corrected chi connectivity index (χ2v) is 6.28. The number of hydrogen-bond acceptors (Lipinski definition) is 5. The highest BCUT2D eigenvalue weighted by molar-refractivity contribution is 14.1. The minimum atomic E-state index is -0.449. The van der Waals surface area contributed by atoms with Crippen molar-refractivity contribution in [2.24, 2.45) is 0 Å². The topological polar surface area (TPSA) is 55.8 Å². The molecule has 2 aromatic rings. The van der Waals surface area contributed by atoms with Gasteiger partial charge in [-0.2, -0.15) is 0 Å². The molecular weight excluding hydrogens is 409 g/mol. The average Bonchev–Trinajstić information content (AvgIpc) is 2.60. The second-order valence-electron chi connectivity index (χ2n) is 5.03. The average molecular weight is 423 g/mol. The molecule has 6 heteroatoms. The zero-order valence-corrected chi connectivity index (χ0v) is 14.5. The standard InChI is InChI=1S/C17H14INO4/c1-22-17(21)11-2-7-16-15(8-11)19(14(9-20)10-23-16)13-5-3-12(18)4-6-13/h2-9,14H,10H2,1H3. The van der Waals surface area contributed by atoms with Crippen LogP contribution in [0.3, 0.4) is 0 Å². The van der Waals surface area contributed by atoms with Gasteiger partial charge < -0.3 is 19.2 Å². The van der Waals surface area contributed by atoms with E-state index in [-0.39, 0.29) is 6.61 Å². The minimum Gasteiger partial charge on any atom is -0.489 e. The summed E-state index contributed by atoms with van der Waals surface area (Å²) in [7, 11) is 1.34. The molecule has 5 nitrogen and oxygen atoms in total. The fourth-order valence-electron chi connectivity index (χ4n) is 2.53. The van der Waals surface area contributed by atoms with Gasteiger partial charge in [0.25, 0.3) is 0 Å². The molecule has 23 heavy (non-hydrogen) atoms. The van der Waals surface area contributed by atoms with Gasteiger partial charge in [-0.25, -0.2) is 4.79 Å². The molecule has 0 aromatic heterocycles. The van der Waals surface area contributed by atoms with Crippen molar-refractivity contribution < 1.29 is 19.1 Å². The molecule has 118 valence electrons. The van der Waals surface area contributed by atoms with Crippen molar-refractivity contribution in [3.8, 4) is 5.75 Å². The lowest BCUT2D eigenvalue weighted by atomic mass is 10.1. The Morgan fingerprint density at radius 1 is 1.30 bits per heavy atom. The second kappa shape index (κ2) is 6.57. The van der Waals surface area contributed by atoms with E-state index in [1.165, 1.54) is 7.11 Å². The van der Waals surface area contributed by atoms with E-state index >= 15 is 0 Å².